The van der Waals surface area contributed by atoms with Gasteiger partial charge in [-0.2, -0.15) is 5.06 Å². The smallest absolute Gasteiger partial charge is 0.149 e. The standard InChI is InChI=1S/C12H16N4O/c1-15-10-13-14-12(15)8-16(2)17-9-11-6-4-3-5-7-11/h3-7,10H,8-9H2,1-2H3. The molecule has 0 amide bonds. The Hall–Kier alpha value is -1.72. The van der Waals surface area contributed by atoms with Crippen LogP contribution < -0.4 is 0 Å². The first-order chi connectivity index (χ1) is 8.25. The lowest BCUT2D eigenvalue weighted by molar-refractivity contribution is -0.159. The maximum atomic E-state index is 5.61. The Morgan fingerprint density at radius 2 is 2.06 bits per heavy atom. The Bertz CT molecular complexity index is 455. The van der Waals surface area contributed by atoms with Gasteiger partial charge in [0, 0.05) is 14.1 Å². The average molecular weight is 232 g/mol. The van der Waals surface area contributed by atoms with Gasteiger partial charge in [-0.25, -0.2) is 0 Å². The van der Waals surface area contributed by atoms with Crippen LogP contribution in [0.15, 0.2) is 36.7 Å². The molecule has 0 spiro atoms. The van der Waals surface area contributed by atoms with Crippen LogP contribution in [-0.2, 0) is 25.0 Å². The van der Waals surface area contributed by atoms with E-state index in [1.807, 2.05) is 49.0 Å². The first-order valence-electron chi connectivity index (χ1n) is 5.46. The van der Waals surface area contributed by atoms with Crippen molar-refractivity contribution in [3.63, 3.8) is 0 Å². The van der Waals surface area contributed by atoms with Crippen molar-refractivity contribution in [3.05, 3.63) is 48.0 Å². The number of rotatable bonds is 5. The third-order valence-electron chi connectivity index (χ3n) is 2.46. The van der Waals surface area contributed by atoms with Crippen molar-refractivity contribution in [2.24, 2.45) is 7.05 Å². The lowest BCUT2D eigenvalue weighted by atomic mass is 10.2. The van der Waals surface area contributed by atoms with Crippen LogP contribution in [0.5, 0.6) is 0 Å². The zero-order chi connectivity index (χ0) is 12.1. The van der Waals surface area contributed by atoms with Gasteiger partial charge in [0.15, 0.2) is 0 Å². The van der Waals surface area contributed by atoms with E-state index in [0.717, 1.165) is 11.4 Å². The Balaban J connectivity index is 1.82. The van der Waals surface area contributed by atoms with E-state index in [0.29, 0.717) is 13.2 Å². The van der Waals surface area contributed by atoms with E-state index in [4.69, 9.17) is 4.84 Å². The van der Waals surface area contributed by atoms with Gasteiger partial charge in [0.1, 0.15) is 12.2 Å². The van der Waals surface area contributed by atoms with Crippen LogP contribution in [0.1, 0.15) is 11.4 Å². The molecule has 0 radical (unpaired) electrons. The molecule has 0 aliphatic heterocycles. The minimum absolute atomic E-state index is 0.565. The molecule has 0 saturated carbocycles. The van der Waals surface area contributed by atoms with Crippen molar-refractivity contribution in [2.45, 2.75) is 13.2 Å². The molecule has 0 unspecified atom stereocenters. The second-order valence-corrected chi connectivity index (χ2v) is 3.90. The van der Waals surface area contributed by atoms with Crippen LogP contribution >= 0.6 is 0 Å². The Morgan fingerprint density at radius 1 is 1.29 bits per heavy atom. The first kappa shape index (κ1) is 11.8. The van der Waals surface area contributed by atoms with Crippen molar-refractivity contribution in [2.75, 3.05) is 7.05 Å². The van der Waals surface area contributed by atoms with Gasteiger partial charge in [-0.05, 0) is 5.56 Å². The largest absolute Gasteiger partial charge is 0.320 e. The van der Waals surface area contributed by atoms with Crippen LogP contribution in [-0.4, -0.2) is 26.9 Å². The molecule has 1 heterocycles. The fourth-order valence-electron chi connectivity index (χ4n) is 1.45. The van der Waals surface area contributed by atoms with Gasteiger partial charge in [-0.15, -0.1) is 10.2 Å². The summed E-state index contributed by atoms with van der Waals surface area (Å²) in [5.74, 6) is 0.876. The Morgan fingerprint density at radius 3 is 2.71 bits per heavy atom. The summed E-state index contributed by atoms with van der Waals surface area (Å²) in [6.45, 7) is 1.18. The molecule has 0 aliphatic carbocycles. The maximum absolute atomic E-state index is 5.61. The number of aromatic nitrogens is 3. The van der Waals surface area contributed by atoms with E-state index in [-0.39, 0.29) is 0 Å². The second-order valence-electron chi connectivity index (χ2n) is 3.90. The summed E-state index contributed by atoms with van der Waals surface area (Å²) in [5.41, 5.74) is 1.15. The lowest BCUT2D eigenvalue weighted by Crippen LogP contribution is -2.20. The molecule has 5 nitrogen and oxygen atoms in total. The normalized spacial score (nSPS) is 11.0. The van der Waals surface area contributed by atoms with Gasteiger partial charge in [0.05, 0.1) is 13.2 Å². The second kappa shape index (κ2) is 5.56. The number of hydroxylamine groups is 2. The van der Waals surface area contributed by atoms with Gasteiger partial charge in [0.25, 0.3) is 0 Å². The molecule has 0 saturated heterocycles. The van der Waals surface area contributed by atoms with E-state index in [1.165, 1.54) is 0 Å². The zero-order valence-electron chi connectivity index (χ0n) is 10.1. The first-order valence-corrected chi connectivity index (χ1v) is 5.46. The van der Waals surface area contributed by atoms with Gasteiger partial charge >= 0.3 is 0 Å². The molecule has 17 heavy (non-hydrogen) atoms. The summed E-state index contributed by atoms with van der Waals surface area (Å²) >= 11 is 0. The molecule has 1 aromatic heterocycles. The van der Waals surface area contributed by atoms with Crippen LogP contribution in [0.2, 0.25) is 0 Å². The molecule has 0 bridgehead atoms. The SMILES string of the molecule is CN(Cc1nncn1C)OCc1ccccc1. The molecule has 1 aromatic carbocycles. The molecular weight excluding hydrogens is 216 g/mol. The van der Waals surface area contributed by atoms with Crippen molar-refractivity contribution >= 4 is 0 Å². The minimum Gasteiger partial charge on any atom is -0.320 e. The molecule has 0 aliphatic rings. The molecule has 90 valence electrons. The van der Waals surface area contributed by atoms with E-state index >= 15 is 0 Å². The van der Waals surface area contributed by atoms with Crippen LogP contribution in [0.3, 0.4) is 0 Å². The number of hydrogen-bond acceptors (Lipinski definition) is 4. The van der Waals surface area contributed by atoms with Crippen LogP contribution in [0.25, 0.3) is 0 Å². The quantitative estimate of drug-likeness (QED) is 0.730. The highest BCUT2D eigenvalue weighted by Gasteiger charge is 2.05. The topological polar surface area (TPSA) is 43.2 Å². The highest BCUT2D eigenvalue weighted by molar-refractivity contribution is 5.13. The maximum Gasteiger partial charge on any atom is 0.149 e. The van der Waals surface area contributed by atoms with E-state index in [9.17, 15) is 0 Å². The van der Waals surface area contributed by atoms with E-state index in [2.05, 4.69) is 10.2 Å². The third-order valence-corrected chi connectivity index (χ3v) is 2.46. The predicted octanol–water partition coefficient (Wildman–Crippen LogP) is 1.38. The van der Waals surface area contributed by atoms with Crippen LogP contribution in [0, 0.1) is 0 Å². The van der Waals surface area contributed by atoms with Crippen LogP contribution in [0.4, 0.5) is 0 Å². The molecule has 5 heteroatoms. The zero-order valence-corrected chi connectivity index (χ0v) is 10.1. The summed E-state index contributed by atoms with van der Waals surface area (Å²) in [6.07, 6.45) is 1.68. The van der Waals surface area contributed by atoms with Crippen molar-refractivity contribution < 1.29 is 4.84 Å². The van der Waals surface area contributed by atoms with Gasteiger partial charge in [-0.3, -0.25) is 4.84 Å². The predicted molar refractivity (Wildman–Crippen MR) is 63.7 cm³/mol. The summed E-state index contributed by atoms with van der Waals surface area (Å²) in [5, 5.41) is 9.59. The number of hydrogen-bond donors (Lipinski definition) is 0. The summed E-state index contributed by atoms with van der Waals surface area (Å²) < 4.78 is 1.88. The monoisotopic (exact) mass is 232 g/mol. The third kappa shape index (κ3) is 3.37. The molecular formula is C12H16N4O. The fourth-order valence-corrected chi connectivity index (χ4v) is 1.45. The van der Waals surface area contributed by atoms with Gasteiger partial charge in [-0.1, -0.05) is 30.3 Å². The molecule has 0 atom stereocenters. The molecule has 2 aromatic rings. The average Bonchev–Trinajstić information content (AvgIpc) is 2.74. The summed E-state index contributed by atoms with van der Waals surface area (Å²) in [6, 6.07) is 10.1. The van der Waals surface area contributed by atoms with E-state index in [1.54, 1.807) is 11.4 Å². The summed E-state index contributed by atoms with van der Waals surface area (Å²) in [4.78, 5) is 5.61. The van der Waals surface area contributed by atoms with Gasteiger partial charge in [0.2, 0.25) is 0 Å². The molecule has 0 fully saturated rings. The fraction of sp³-hybridized carbons (Fsp3) is 0.333. The molecule has 0 N–H and O–H groups in total. The number of nitrogens with zero attached hydrogens (tertiary/aromatic N) is 4. The summed E-state index contributed by atoms with van der Waals surface area (Å²) in [7, 11) is 3.80. The van der Waals surface area contributed by atoms with E-state index < -0.39 is 0 Å². The van der Waals surface area contributed by atoms with Crippen molar-refractivity contribution in [1.82, 2.24) is 19.8 Å². The number of benzene rings is 1. The highest BCUT2D eigenvalue weighted by atomic mass is 16.7. The Kier molecular flexibility index (Phi) is 3.85. The number of aryl methyl sites for hydroxylation is 1. The van der Waals surface area contributed by atoms with Crippen molar-refractivity contribution in [3.8, 4) is 0 Å². The van der Waals surface area contributed by atoms with Gasteiger partial charge < -0.3 is 4.57 Å². The lowest BCUT2D eigenvalue weighted by Gasteiger charge is -2.15. The molecule has 2 rings (SSSR count). The minimum atomic E-state index is 0.565. The van der Waals surface area contributed by atoms with Crippen molar-refractivity contribution in [1.29, 1.82) is 0 Å². The Labute approximate surface area is 101 Å². The highest BCUT2D eigenvalue weighted by Crippen LogP contribution is 2.04.